The number of benzene rings is 1. The Hall–Kier alpha value is -1.22. The lowest BCUT2D eigenvalue weighted by Gasteiger charge is -2.12. The summed E-state index contributed by atoms with van der Waals surface area (Å²) in [7, 11) is 1.89. The number of hydrogen-bond acceptors (Lipinski definition) is 3. The summed E-state index contributed by atoms with van der Waals surface area (Å²) in [5, 5.41) is 10.2. The van der Waals surface area contributed by atoms with Crippen LogP contribution in [0.15, 0.2) is 29.4 Å². The van der Waals surface area contributed by atoms with Gasteiger partial charge in [0.2, 0.25) is 0 Å². The van der Waals surface area contributed by atoms with Crippen LogP contribution in [-0.2, 0) is 0 Å². The Labute approximate surface area is 88.4 Å². The van der Waals surface area contributed by atoms with Crippen molar-refractivity contribution in [2.75, 3.05) is 18.6 Å². The van der Waals surface area contributed by atoms with Crippen LogP contribution in [0.25, 0.3) is 0 Å². The fourth-order valence-electron chi connectivity index (χ4n) is 1.43. The van der Waals surface area contributed by atoms with Crippen molar-refractivity contribution < 1.29 is 0 Å². The number of hydrazone groups is 1. The summed E-state index contributed by atoms with van der Waals surface area (Å²) in [6.45, 7) is 0.928. The zero-order valence-electron chi connectivity index (χ0n) is 8.00. The van der Waals surface area contributed by atoms with E-state index in [2.05, 4.69) is 10.4 Å². The minimum Gasteiger partial charge on any atom is -0.375 e. The topological polar surface area (TPSA) is 27.6 Å². The number of hydrogen-bond donors (Lipinski definition) is 1. The van der Waals surface area contributed by atoms with Gasteiger partial charge in [-0.2, -0.15) is 5.10 Å². The van der Waals surface area contributed by atoms with E-state index in [-0.39, 0.29) is 0 Å². The molecule has 0 fully saturated rings. The van der Waals surface area contributed by atoms with Crippen LogP contribution in [0.1, 0.15) is 6.42 Å². The highest BCUT2D eigenvalue weighted by Crippen LogP contribution is 2.20. The summed E-state index contributed by atoms with van der Waals surface area (Å²) in [5.74, 6) is 1.03. The van der Waals surface area contributed by atoms with Crippen LogP contribution in [-0.4, -0.2) is 19.4 Å². The van der Waals surface area contributed by atoms with Gasteiger partial charge in [-0.05, 0) is 24.3 Å². The first-order valence-electron chi connectivity index (χ1n) is 4.58. The fraction of sp³-hybridized carbons (Fsp3) is 0.300. The van der Waals surface area contributed by atoms with Crippen molar-refractivity contribution in [2.24, 2.45) is 5.10 Å². The molecule has 1 N–H and O–H groups in total. The molecule has 0 spiro atoms. The summed E-state index contributed by atoms with van der Waals surface area (Å²) in [4.78, 5) is 0. The molecule has 74 valence electrons. The molecule has 0 saturated heterocycles. The molecule has 2 rings (SSSR count). The Morgan fingerprint density at radius 3 is 2.64 bits per heavy atom. The second-order valence-electron chi connectivity index (χ2n) is 3.15. The van der Waals surface area contributed by atoms with Gasteiger partial charge in [0.1, 0.15) is 5.84 Å². The second-order valence-corrected chi connectivity index (χ2v) is 3.58. The van der Waals surface area contributed by atoms with Gasteiger partial charge in [0, 0.05) is 25.0 Å². The van der Waals surface area contributed by atoms with E-state index in [0.717, 1.165) is 29.5 Å². The average molecular weight is 210 g/mol. The molecule has 0 atom stereocenters. The molecular weight excluding hydrogens is 198 g/mol. The molecule has 0 aliphatic carbocycles. The normalized spacial score (nSPS) is 15.6. The maximum absolute atomic E-state index is 5.81. The van der Waals surface area contributed by atoms with Gasteiger partial charge >= 0.3 is 0 Å². The average Bonchev–Trinajstić information content (AvgIpc) is 2.67. The minimum absolute atomic E-state index is 0.755. The molecule has 3 nitrogen and oxygen atoms in total. The molecule has 0 radical (unpaired) electrons. The molecule has 1 aromatic carbocycles. The monoisotopic (exact) mass is 209 g/mol. The number of amidine groups is 1. The Morgan fingerprint density at radius 2 is 2.07 bits per heavy atom. The summed E-state index contributed by atoms with van der Waals surface area (Å²) < 4.78 is 0. The highest BCUT2D eigenvalue weighted by atomic mass is 35.5. The van der Waals surface area contributed by atoms with E-state index >= 15 is 0 Å². The number of nitrogens with zero attached hydrogens (tertiary/aromatic N) is 2. The van der Waals surface area contributed by atoms with Crippen LogP contribution in [0, 0.1) is 0 Å². The third-order valence-electron chi connectivity index (χ3n) is 2.22. The first-order chi connectivity index (χ1) is 6.79. The predicted octanol–water partition coefficient (Wildman–Crippen LogP) is 2.08. The largest absolute Gasteiger partial charge is 0.375 e. The van der Waals surface area contributed by atoms with E-state index in [1.165, 1.54) is 0 Å². The molecule has 0 bridgehead atoms. The first-order valence-corrected chi connectivity index (χ1v) is 4.96. The van der Waals surface area contributed by atoms with Crippen molar-refractivity contribution >= 4 is 23.1 Å². The molecule has 4 heteroatoms. The van der Waals surface area contributed by atoms with E-state index in [9.17, 15) is 0 Å². The van der Waals surface area contributed by atoms with Crippen LogP contribution < -0.4 is 10.3 Å². The molecule has 0 amide bonds. The van der Waals surface area contributed by atoms with E-state index in [1.807, 2.05) is 36.3 Å². The number of anilines is 1. The van der Waals surface area contributed by atoms with Crippen molar-refractivity contribution in [3.05, 3.63) is 29.3 Å². The Bertz CT molecular complexity index is 345. The Kier molecular flexibility index (Phi) is 2.59. The molecule has 1 aliphatic rings. The Morgan fingerprint density at radius 1 is 1.36 bits per heavy atom. The third kappa shape index (κ3) is 1.82. The van der Waals surface area contributed by atoms with Crippen molar-refractivity contribution in [3.8, 4) is 0 Å². The lowest BCUT2D eigenvalue weighted by molar-refractivity contribution is 0.922. The van der Waals surface area contributed by atoms with Crippen LogP contribution in [0.4, 0.5) is 5.69 Å². The molecule has 0 saturated carbocycles. The van der Waals surface area contributed by atoms with Gasteiger partial charge in [0.25, 0.3) is 0 Å². The van der Waals surface area contributed by atoms with Crippen molar-refractivity contribution in [2.45, 2.75) is 6.42 Å². The van der Waals surface area contributed by atoms with Crippen LogP contribution >= 0.6 is 11.6 Å². The minimum atomic E-state index is 0.755. The zero-order chi connectivity index (χ0) is 9.97. The molecule has 1 aliphatic heterocycles. The molecule has 0 aromatic heterocycles. The van der Waals surface area contributed by atoms with E-state index < -0.39 is 0 Å². The maximum atomic E-state index is 5.81. The second kappa shape index (κ2) is 3.88. The van der Waals surface area contributed by atoms with Gasteiger partial charge in [-0.1, -0.05) is 11.6 Å². The van der Waals surface area contributed by atoms with Crippen LogP contribution in [0.5, 0.6) is 0 Å². The highest BCUT2D eigenvalue weighted by Gasteiger charge is 2.14. The fourth-order valence-corrected chi connectivity index (χ4v) is 1.56. The summed E-state index contributed by atoms with van der Waals surface area (Å²) in [6, 6.07) is 7.71. The molecular formula is C10H12ClN3. The van der Waals surface area contributed by atoms with Gasteiger partial charge in [-0.25, -0.2) is 0 Å². The van der Waals surface area contributed by atoms with Gasteiger partial charge in [-0.15, -0.1) is 0 Å². The van der Waals surface area contributed by atoms with Crippen LogP contribution in [0.3, 0.4) is 0 Å². The van der Waals surface area contributed by atoms with E-state index in [1.54, 1.807) is 0 Å². The van der Waals surface area contributed by atoms with E-state index in [4.69, 9.17) is 11.6 Å². The first kappa shape index (κ1) is 9.34. The molecule has 0 unspecified atom stereocenters. The summed E-state index contributed by atoms with van der Waals surface area (Å²) >= 11 is 5.81. The maximum Gasteiger partial charge on any atom is 0.124 e. The van der Waals surface area contributed by atoms with Crippen molar-refractivity contribution in [1.29, 1.82) is 0 Å². The van der Waals surface area contributed by atoms with Gasteiger partial charge < -0.3 is 5.32 Å². The highest BCUT2D eigenvalue weighted by molar-refractivity contribution is 6.30. The van der Waals surface area contributed by atoms with Gasteiger partial charge in [0.15, 0.2) is 0 Å². The lowest BCUT2D eigenvalue weighted by Crippen LogP contribution is -2.14. The van der Waals surface area contributed by atoms with Gasteiger partial charge in [0.05, 0.1) is 5.69 Å². The zero-order valence-corrected chi connectivity index (χ0v) is 8.75. The molecule has 14 heavy (non-hydrogen) atoms. The summed E-state index contributed by atoms with van der Waals surface area (Å²) in [5.41, 5.74) is 1.08. The van der Waals surface area contributed by atoms with Crippen molar-refractivity contribution in [3.63, 3.8) is 0 Å². The number of rotatable bonds is 1. The number of nitrogens with one attached hydrogen (secondary N) is 1. The predicted molar refractivity (Wildman–Crippen MR) is 59.9 cm³/mol. The smallest absolute Gasteiger partial charge is 0.124 e. The number of halogens is 1. The molecule has 1 aromatic rings. The van der Waals surface area contributed by atoms with E-state index in [0.29, 0.717) is 0 Å². The molecule has 1 heterocycles. The lowest BCUT2D eigenvalue weighted by atomic mass is 10.3. The SMILES string of the molecule is CNC1=NN(c2ccc(Cl)cc2)CC1. The quantitative estimate of drug-likeness (QED) is 0.767. The standard InChI is InChI=1S/C10H12ClN3/c1-12-10-6-7-14(13-10)9-4-2-8(11)3-5-9/h2-5H,6-7H2,1H3,(H,12,13). The van der Waals surface area contributed by atoms with Crippen molar-refractivity contribution in [1.82, 2.24) is 5.32 Å². The third-order valence-corrected chi connectivity index (χ3v) is 2.47. The van der Waals surface area contributed by atoms with Crippen LogP contribution in [0.2, 0.25) is 5.02 Å². The van der Waals surface area contributed by atoms with Gasteiger partial charge in [-0.3, -0.25) is 5.01 Å². The Balaban J connectivity index is 2.17. The summed E-state index contributed by atoms with van der Waals surface area (Å²) in [6.07, 6.45) is 0.971.